The number of benzene rings is 4. The van der Waals surface area contributed by atoms with Crippen molar-refractivity contribution in [2.45, 2.75) is 117 Å². The minimum Gasteiger partial charge on any atom is -0.468 e. The van der Waals surface area contributed by atoms with Gasteiger partial charge in [-0.1, -0.05) is 66.7 Å². The summed E-state index contributed by atoms with van der Waals surface area (Å²) in [5.41, 5.74) is 11.2. The lowest BCUT2D eigenvalue weighted by molar-refractivity contribution is 0.0475. The molecule has 0 unspecified atom stereocenters. The van der Waals surface area contributed by atoms with Gasteiger partial charge in [0.15, 0.2) is 0 Å². The lowest BCUT2D eigenvalue weighted by Crippen LogP contribution is -2.41. The van der Waals surface area contributed by atoms with E-state index in [-0.39, 0.29) is 16.7 Å². The monoisotopic (exact) mass is 703 g/mol. The van der Waals surface area contributed by atoms with Gasteiger partial charge in [-0.05, 0) is 138 Å². The van der Waals surface area contributed by atoms with Crippen LogP contribution in [-0.2, 0) is 27.5 Å². The summed E-state index contributed by atoms with van der Waals surface area (Å²) in [6.45, 7) is 25.9. The number of fused-ring (bicyclic) bond motifs is 8. The average Bonchev–Trinajstić information content (AvgIpc) is 3.64. The molecule has 4 heterocycles. The average molecular weight is 704 g/mol. The quantitative estimate of drug-likeness (QED) is 0.184. The lowest BCUT2D eigenvalue weighted by Gasteiger charge is -2.36. The minimum atomic E-state index is -1.75. The summed E-state index contributed by atoms with van der Waals surface area (Å²) in [7, 11) is 0. The van der Waals surface area contributed by atoms with Gasteiger partial charge in [-0.25, -0.2) is 9.98 Å². The summed E-state index contributed by atoms with van der Waals surface area (Å²) in [6.07, 6.45) is 0.130. The van der Waals surface area contributed by atoms with E-state index < -0.39 is 17.5 Å². The first-order valence-corrected chi connectivity index (χ1v) is 19.0. The highest BCUT2D eigenvalue weighted by Gasteiger charge is 2.59. The fourth-order valence-corrected chi connectivity index (χ4v) is 8.83. The summed E-state index contributed by atoms with van der Waals surface area (Å²) in [5, 5.41) is 2.37. The molecular weight excluding hydrogens is 651 g/mol. The predicted molar refractivity (Wildman–Crippen MR) is 218 cm³/mol. The van der Waals surface area contributed by atoms with Gasteiger partial charge in [0.25, 0.3) is 0 Å². The molecule has 270 valence electrons. The van der Waals surface area contributed by atoms with Crippen molar-refractivity contribution < 1.29 is 12.2 Å². The Labute approximate surface area is 316 Å². The van der Waals surface area contributed by atoms with Gasteiger partial charge in [-0.15, -0.1) is 0 Å². The van der Waals surface area contributed by atoms with E-state index in [1.165, 1.54) is 27.6 Å². The summed E-state index contributed by atoms with van der Waals surface area (Å²) >= 11 is 0. The van der Waals surface area contributed by atoms with Crippen molar-refractivity contribution in [2.24, 2.45) is 4.99 Å². The Morgan fingerprint density at radius 2 is 1.64 bits per heavy atom. The molecule has 0 spiro atoms. The number of hydrogen-bond donors (Lipinski definition) is 0. The molecule has 0 saturated carbocycles. The van der Waals surface area contributed by atoms with E-state index in [1.807, 2.05) is 52.1 Å². The zero-order valence-electron chi connectivity index (χ0n) is 35.2. The number of nitrogens with zero attached hydrogens (tertiary/aromatic N) is 3. The number of aromatic nitrogens is 2. The second-order valence-electron chi connectivity index (χ2n) is 17.9. The van der Waals surface area contributed by atoms with Crippen molar-refractivity contribution in [3.63, 3.8) is 0 Å². The van der Waals surface area contributed by atoms with Crippen LogP contribution in [0.2, 0.25) is 0 Å². The molecule has 3 aliphatic rings. The van der Waals surface area contributed by atoms with Crippen LogP contribution in [0.15, 0.2) is 77.9 Å². The second kappa shape index (κ2) is 10.8. The largest absolute Gasteiger partial charge is 0.468 e. The van der Waals surface area contributed by atoms with Gasteiger partial charge >= 0.3 is 0 Å². The Hall–Kier alpha value is -4.90. The molecule has 0 saturated heterocycles. The summed E-state index contributed by atoms with van der Waals surface area (Å²) in [5.74, 6) is 2.10. The Morgan fingerprint density at radius 1 is 0.868 bits per heavy atom. The molecule has 4 aromatic carbocycles. The van der Waals surface area contributed by atoms with Crippen molar-refractivity contribution in [2.75, 3.05) is 0 Å². The maximum atomic E-state index is 9.44. The fourth-order valence-electron chi connectivity index (χ4n) is 8.83. The van der Waals surface area contributed by atoms with Crippen LogP contribution in [0.3, 0.4) is 0 Å². The highest BCUT2D eigenvalue weighted by molar-refractivity contribution is 6.10. The van der Waals surface area contributed by atoms with E-state index in [1.54, 1.807) is 0 Å². The van der Waals surface area contributed by atoms with E-state index in [4.69, 9.17) is 19.5 Å². The van der Waals surface area contributed by atoms with Gasteiger partial charge < -0.3 is 9.47 Å². The topological polar surface area (TPSA) is 48.6 Å². The van der Waals surface area contributed by atoms with Gasteiger partial charge in [0.1, 0.15) is 28.3 Å². The van der Waals surface area contributed by atoms with Gasteiger partial charge in [0, 0.05) is 43.1 Å². The molecule has 0 radical (unpaired) electrons. The third-order valence-electron chi connectivity index (χ3n) is 12.6. The first-order chi connectivity index (χ1) is 25.7. The third-order valence-corrected chi connectivity index (χ3v) is 12.6. The van der Waals surface area contributed by atoms with Crippen LogP contribution in [0, 0.1) is 20.8 Å². The summed E-state index contributed by atoms with van der Waals surface area (Å²) in [4.78, 5) is 10.2. The number of pyridine rings is 1. The van der Waals surface area contributed by atoms with E-state index in [9.17, 15) is 2.74 Å². The van der Waals surface area contributed by atoms with Gasteiger partial charge in [0.05, 0.1) is 11.2 Å². The highest BCUT2D eigenvalue weighted by atomic mass is 16.5. The fraction of sp³-hybridized carbons (Fsp3) is 0.375. The van der Waals surface area contributed by atoms with Crippen LogP contribution in [-0.4, -0.2) is 21.0 Å². The van der Waals surface area contributed by atoms with Crippen LogP contribution in [0.25, 0.3) is 27.6 Å². The summed E-state index contributed by atoms with van der Waals surface area (Å²) < 4.78 is 34.9. The molecule has 6 aromatic rings. The molecule has 0 fully saturated rings. The number of rotatable bonds is 4. The van der Waals surface area contributed by atoms with Crippen LogP contribution < -0.4 is 4.74 Å². The molecule has 53 heavy (non-hydrogen) atoms. The van der Waals surface area contributed by atoms with Gasteiger partial charge in [-0.2, -0.15) is 0 Å². The van der Waals surface area contributed by atoms with E-state index in [2.05, 4.69) is 108 Å². The second-order valence-corrected chi connectivity index (χ2v) is 17.9. The molecule has 5 heteroatoms. The van der Waals surface area contributed by atoms with E-state index in [0.717, 1.165) is 55.9 Å². The normalized spacial score (nSPS) is 22.6. The molecule has 9 rings (SSSR count). The minimum absolute atomic E-state index is 0.00776. The molecular formula is C48H51N3O2. The lowest BCUT2D eigenvalue weighted by atomic mass is 9.72. The Kier molecular flexibility index (Phi) is 6.46. The molecule has 0 bridgehead atoms. The molecule has 2 atom stereocenters. The third kappa shape index (κ3) is 4.68. The Balaban J connectivity index is 1.18. The van der Waals surface area contributed by atoms with Crippen LogP contribution >= 0.6 is 0 Å². The van der Waals surface area contributed by atoms with Crippen LogP contribution in [0.1, 0.15) is 127 Å². The Bertz CT molecular complexity index is 2690. The number of aliphatic imine (C=N–C) groups is 1. The van der Waals surface area contributed by atoms with Crippen molar-refractivity contribution in [3.8, 4) is 17.2 Å². The highest BCUT2D eigenvalue weighted by Crippen LogP contribution is 2.55. The predicted octanol–water partition coefficient (Wildman–Crippen LogP) is 12.0. The first kappa shape index (κ1) is 31.6. The molecule has 0 amide bonds. The maximum Gasteiger partial charge on any atom is 0.217 e. The van der Waals surface area contributed by atoms with Crippen molar-refractivity contribution in [3.05, 3.63) is 129 Å². The molecule has 1 aliphatic carbocycles. The van der Waals surface area contributed by atoms with Crippen LogP contribution in [0.4, 0.5) is 0 Å². The summed E-state index contributed by atoms with van der Waals surface area (Å²) in [6, 6.07) is 23.8. The molecule has 2 aromatic heterocycles. The van der Waals surface area contributed by atoms with Gasteiger partial charge in [-0.3, -0.25) is 4.57 Å². The Morgan fingerprint density at radius 3 is 2.38 bits per heavy atom. The van der Waals surface area contributed by atoms with Crippen molar-refractivity contribution in [1.82, 2.24) is 9.55 Å². The molecule has 2 aliphatic heterocycles. The number of hydrogen-bond acceptors (Lipinski definition) is 4. The number of aryl methyl sites for hydroxylation is 2. The van der Waals surface area contributed by atoms with Gasteiger partial charge in [0.2, 0.25) is 5.90 Å². The zero-order chi connectivity index (χ0) is 39.4. The number of ether oxygens (including phenoxy) is 2. The molecule has 0 N–H and O–H groups in total. The zero-order valence-corrected chi connectivity index (χ0v) is 33.2. The standard InChI is InChI=1S/C48H51N3O2/c1-26(2)30-19-31(44-50-48(12)37-16-15-27(3)29(5)36(37)25-47(48,11)53-44)21-33(20-30)52-41-24-40-38(18-28(41)4)46(9,10)39-23-32(45(6,7)8)22-35-34-14-13-17-49-43(34)51(40)42(35)39/h13-24,26H,25H2,1-12H3/t47-,48+/m0/s1/i25D2. The first-order valence-electron chi connectivity index (χ1n) is 20.0. The molecule has 5 nitrogen and oxygen atoms in total. The van der Waals surface area contributed by atoms with Crippen molar-refractivity contribution >= 4 is 27.8 Å². The smallest absolute Gasteiger partial charge is 0.217 e. The van der Waals surface area contributed by atoms with Crippen LogP contribution in [0.5, 0.6) is 11.5 Å². The maximum absolute atomic E-state index is 9.44. The SMILES string of the molecule is [2H]C1([2H])c2c(ccc(C)c2C)[C@@]2(C)N=C(c3cc(Oc4cc5c(cc4C)C(C)(C)c4cc(C(C)(C)C)cc6c7cccnc7n-5c46)cc(C(C)C)c3)O[C@@]12C. The van der Waals surface area contributed by atoms with Crippen molar-refractivity contribution in [1.29, 1.82) is 0 Å². The van der Waals surface area contributed by atoms with E-state index in [0.29, 0.717) is 17.2 Å². The van der Waals surface area contributed by atoms with E-state index >= 15 is 0 Å².